The molecule has 3 aromatic rings. The van der Waals surface area contributed by atoms with Crippen molar-refractivity contribution in [3.8, 4) is 11.3 Å². The molecule has 0 aliphatic heterocycles. The molecule has 0 saturated heterocycles. The van der Waals surface area contributed by atoms with Gasteiger partial charge in [-0.3, -0.25) is 4.40 Å². The Morgan fingerprint density at radius 1 is 1.21 bits per heavy atom. The highest BCUT2D eigenvalue weighted by Crippen LogP contribution is 2.35. The summed E-state index contributed by atoms with van der Waals surface area (Å²) in [7, 11) is 0. The van der Waals surface area contributed by atoms with Crippen molar-refractivity contribution >= 4 is 39.5 Å². The van der Waals surface area contributed by atoms with Crippen molar-refractivity contribution in [1.29, 1.82) is 0 Å². The molecule has 19 heavy (non-hydrogen) atoms. The molecule has 2 heterocycles. The lowest BCUT2D eigenvalue weighted by atomic mass is 10.2. The summed E-state index contributed by atoms with van der Waals surface area (Å²) in [5, 5.41) is 1.37. The van der Waals surface area contributed by atoms with Crippen molar-refractivity contribution in [2.75, 3.05) is 0 Å². The molecule has 2 aromatic heterocycles. The summed E-state index contributed by atoms with van der Waals surface area (Å²) in [6.07, 6.45) is 5.67. The number of fused-ring (bicyclic) bond motifs is 3. The second-order valence-corrected chi connectivity index (χ2v) is 6.63. The van der Waals surface area contributed by atoms with Gasteiger partial charge in [0.05, 0.1) is 10.7 Å². The first kappa shape index (κ1) is 11.8. The molecule has 0 atom stereocenters. The maximum atomic E-state index is 6.24. The van der Waals surface area contributed by atoms with Crippen LogP contribution in [0.4, 0.5) is 0 Å². The monoisotopic (exact) mass is 308 g/mol. The Morgan fingerprint density at radius 2 is 2.11 bits per heavy atom. The van der Waals surface area contributed by atoms with Gasteiger partial charge < -0.3 is 0 Å². The number of halogens is 2. The lowest BCUT2D eigenvalue weighted by Crippen LogP contribution is -1.85. The molecule has 5 heteroatoms. The number of benzene rings is 1. The van der Waals surface area contributed by atoms with Crippen LogP contribution < -0.4 is 0 Å². The van der Waals surface area contributed by atoms with E-state index in [-0.39, 0.29) is 0 Å². The summed E-state index contributed by atoms with van der Waals surface area (Å²) >= 11 is 14.1. The van der Waals surface area contributed by atoms with Crippen molar-refractivity contribution in [2.45, 2.75) is 19.3 Å². The molecule has 0 bridgehead atoms. The van der Waals surface area contributed by atoms with Crippen molar-refractivity contribution < 1.29 is 0 Å². The maximum absolute atomic E-state index is 6.24. The minimum Gasteiger partial charge on any atom is -0.294 e. The number of rotatable bonds is 1. The van der Waals surface area contributed by atoms with Crippen LogP contribution in [0.2, 0.25) is 10.0 Å². The van der Waals surface area contributed by atoms with Gasteiger partial charge in [-0.1, -0.05) is 23.2 Å². The predicted octanol–water partition coefficient (Wildman–Crippen LogP) is 4.86. The Labute approximate surface area is 124 Å². The van der Waals surface area contributed by atoms with Crippen molar-refractivity contribution in [1.82, 2.24) is 9.38 Å². The molecule has 0 amide bonds. The van der Waals surface area contributed by atoms with Gasteiger partial charge in [-0.05, 0) is 37.5 Å². The van der Waals surface area contributed by atoms with Gasteiger partial charge in [0.2, 0.25) is 0 Å². The van der Waals surface area contributed by atoms with E-state index in [1.807, 2.05) is 12.1 Å². The second kappa shape index (κ2) is 4.23. The van der Waals surface area contributed by atoms with Crippen LogP contribution in [-0.4, -0.2) is 9.38 Å². The molecule has 0 saturated carbocycles. The number of hydrogen-bond donors (Lipinski definition) is 0. The van der Waals surface area contributed by atoms with Gasteiger partial charge in [0, 0.05) is 27.4 Å². The van der Waals surface area contributed by atoms with Gasteiger partial charge in [0.25, 0.3) is 0 Å². The van der Waals surface area contributed by atoms with E-state index in [4.69, 9.17) is 23.2 Å². The average molecular weight is 309 g/mol. The summed E-state index contributed by atoms with van der Waals surface area (Å²) in [5.74, 6) is 0. The highest BCUT2D eigenvalue weighted by atomic mass is 35.5. The fourth-order valence-corrected chi connectivity index (χ4v) is 4.20. The lowest BCUT2D eigenvalue weighted by molar-refractivity contribution is 0.888. The van der Waals surface area contributed by atoms with E-state index in [1.165, 1.54) is 23.4 Å². The molecular formula is C14H10Cl2N2S. The first-order valence-electron chi connectivity index (χ1n) is 6.17. The number of hydrogen-bond acceptors (Lipinski definition) is 2. The lowest BCUT2D eigenvalue weighted by Gasteiger charge is -2.00. The van der Waals surface area contributed by atoms with Crippen LogP contribution in [0.1, 0.15) is 17.0 Å². The Bertz CT molecular complexity index is 788. The molecule has 1 aromatic carbocycles. The van der Waals surface area contributed by atoms with E-state index < -0.39 is 0 Å². The Kier molecular flexibility index (Phi) is 2.62. The standard InChI is InChI=1S/C14H10Cl2N2S/c15-8-4-5-10(16)9(6-8)11-7-18-12-2-1-3-13(12)19-14(18)17-11/h4-7H,1-3H2. The average Bonchev–Trinajstić information content (AvgIpc) is 3.03. The largest absolute Gasteiger partial charge is 0.294 e. The fourth-order valence-electron chi connectivity index (χ4n) is 2.63. The summed E-state index contributed by atoms with van der Waals surface area (Å²) in [6.45, 7) is 0. The first-order valence-corrected chi connectivity index (χ1v) is 7.75. The van der Waals surface area contributed by atoms with E-state index in [1.54, 1.807) is 17.4 Å². The van der Waals surface area contributed by atoms with Crippen molar-refractivity contribution in [3.05, 3.63) is 45.0 Å². The maximum Gasteiger partial charge on any atom is 0.194 e. The number of thiazole rings is 1. The van der Waals surface area contributed by atoms with Crippen LogP contribution in [0.15, 0.2) is 24.4 Å². The topological polar surface area (TPSA) is 17.3 Å². The molecule has 0 spiro atoms. The van der Waals surface area contributed by atoms with Gasteiger partial charge in [0.15, 0.2) is 4.96 Å². The van der Waals surface area contributed by atoms with Gasteiger partial charge in [-0.2, -0.15) is 0 Å². The first-order chi connectivity index (χ1) is 9.22. The van der Waals surface area contributed by atoms with E-state index >= 15 is 0 Å². The Morgan fingerprint density at radius 3 is 3.00 bits per heavy atom. The zero-order valence-electron chi connectivity index (χ0n) is 9.99. The smallest absolute Gasteiger partial charge is 0.194 e. The third-order valence-electron chi connectivity index (χ3n) is 3.52. The number of aryl methyl sites for hydroxylation is 2. The van der Waals surface area contributed by atoms with Gasteiger partial charge in [-0.25, -0.2) is 4.98 Å². The van der Waals surface area contributed by atoms with Gasteiger partial charge in [0.1, 0.15) is 0 Å². The summed E-state index contributed by atoms with van der Waals surface area (Å²) in [5.41, 5.74) is 3.21. The molecule has 4 rings (SSSR count). The predicted molar refractivity (Wildman–Crippen MR) is 80.6 cm³/mol. The third-order valence-corrected chi connectivity index (χ3v) is 5.24. The van der Waals surface area contributed by atoms with Crippen molar-refractivity contribution in [3.63, 3.8) is 0 Å². The van der Waals surface area contributed by atoms with E-state index in [2.05, 4.69) is 15.6 Å². The van der Waals surface area contributed by atoms with E-state index in [0.29, 0.717) is 10.0 Å². The minimum absolute atomic E-state index is 0.681. The zero-order chi connectivity index (χ0) is 13.0. The summed E-state index contributed by atoms with van der Waals surface area (Å²) in [6, 6.07) is 5.48. The van der Waals surface area contributed by atoms with E-state index in [9.17, 15) is 0 Å². The highest BCUT2D eigenvalue weighted by Gasteiger charge is 2.20. The molecule has 0 unspecified atom stereocenters. The SMILES string of the molecule is Clc1ccc(Cl)c(-c2cn3c4c(sc3n2)CCC4)c1. The molecule has 0 fully saturated rings. The van der Waals surface area contributed by atoms with E-state index in [0.717, 1.165) is 22.6 Å². The van der Waals surface area contributed by atoms with Crippen LogP contribution in [0.25, 0.3) is 16.2 Å². The van der Waals surface area contributed by atoms with Crippen molar-refractivity contribution in [2.24, 2.45) is 0 Å². The second-order valence-electron chi connectivity index (χ2n) is 4.73. The van der Waals surface area contributed by atoms with Crippen LogP contribution >= 0.6 is 34.5 Å². The summed E-state index contributed by atoms with van der Waals surface area (Å²) in [4.78, 5) is 7.22. The Balaban J connectivity index is 1.92. The molecule has 1 aliphatic rings. The Hall–Kier alpha value is -1.03. The van der Waals surface area contributed by atoms with Gasteiger partial charge >= 0.3 is 0 Å². The number of imidazole rings is 1. The highest BCUT2D eigenvalue weighted by molar-refractivity contribution is 7.17. The minimum atomic E-state index is 0.681. The molecular weight excluding hydrogens is 299 g/mol. The number of aromatic nitrogens is 2. The van der Waals surface area contributed by atoms with Crippen LogP contribution in [-0.2, 0) is 12.8 Å². The third kappa shape index (κ3) is 1.80. The number of nitrogens with zero attached hydrogens (tertiary/aromatic N) is 2. The summed E-state index contributed by atoms with van der Waals surface area (Å²) < 4.78 is 2.21. The molecule has 1 aliphatic carbocycles. The molecule has 96 valence electrons. The normalized spacial score (nSPS) is 14.2. The fraction of sp³-hybridized carbons (Fsp3) is 0.214. The quantitative estimate of drug-likeness (QED) is 0.627. The molecule has 0 radical (unpaired) electrons. The van der Waals surface area contributed by atoms with Gasteiger partial charge in [-0.15, -0.1) is 11.3 Å². The van der Waals surface area contributed by atoms with Crippen LogP contribution in [0.5, 0.6) is 0 Å². The van der Waals surface area contributed by atoms with Crippen LogP contribution in [0.3, 0.4) is 0 Å². The molecule has 0 N–H and O–H groups in total. The molecule has 2 nitrogen and oxygen atoms in total. The zero-order valence-corrected chi connectivity index (χ0v) is 12.3. The van der Waals surface area contributed by atoms with Crippen LogP contribution in [0, 0.1) is 0 Å².